The largest absolute Gasteiger partial charge is 0.358 e. The van der Waals surface area contributed by atoms with Crippen LogP contribution in [-0.2, 0) is 0 Å². The number of amides is 1. The number of aromatic nitrogens is 1. The molecule has 1 heterocycles. The number of nitrogens with zero attached hydrogens (tertiary/aromatic N) is 1. The van der Waals surface area contributed by atoms with Crippen molar-refractivity contribution in [3.8, 4) is 6.19 Å². The van der Waals surface area contributed by atoms with E-state index in [2.05, 4.69) is 10.3 Å². The number of hydrogen-bond acceptors (Lipinski definition) is 2. The first-order valence-electron chi connectivity index (χ1n) is 4.51. The van der Waals surface area contributed by atoms with E-state index in [1.807, 2.05) is 31.2 Å². The molecule has 0 unspecified atom stereocenters. The lowest BCUT2D eigenvalue weighted by Gasteiger charge is -1.96. The third kappa shape index (κ3) is 1.44. The number of para-hydroxylation sites is 1. The molecule has 0 spiro atoms. The fraction of sp³-hybridized carbons (Fsp3) is 0.0909. The number of nitrogens with one attached hydrogen (secondary N) is 2. The van der Waals surface area contributed by atoms with Crippen LogP contribution in [0, 0.1) is 18.4 Å². The van der Waals surface area contributed by atoms with E-state index in [0.717, 1.165) is 16.6 Å². The van der Waals surface area contributed by atoms with E-state index in [9.17, 15) is 4.79 Å². The average Bonchev–Trinajstić information content (AvgIpc) is 2.54. The maximum atomic E-state index is 11.6. The van der Waals surface area contributed by atoms with Crippen molar-refractivity contribution in [3.63, 3.8) is 0 Å². The molecule has 74 valence electrons. The van der Waals surface area contributed by atoms with Gasteiger partial charge in [0, 0.05) is 16.6 Å². The van der Waals surface area contributed by atoms with Crippen molar-refractivity contribution in [2.45, 2.75) is 6.92 Å². The molecule has 15 heavy (non-hydrogen) atoms. The number of H-pyrrole nitrogens is 1. The van der Waals surface area contributed by atoms with Crippen molar-refractivity contribution in [2.24, 2.45) is 0 Å². The molecule has 0 aliphatic rings. The Morgan fingerprint density at radius 3 is 2.93 bits per heavy atom. The third-order valence-corrected chi connectivity index (χ3v) is 2.29. The molecule has 4 nitrogen and oxygen atoms in total. The van der Waals surface area contributed by atoms with Crippen LogP contribution in [0.3, 0.4) is 0 Å². The van der Waals surface area contributed by atoms with Gasteiger partial charge in [-0.1, -0.05) is 18.2 Å². The molecule has 1 aromatic carbocycles. The van der Waals surface area contributed by atoms with Crippen molar-refractivity contribution in [2.75, 3.05) is 0 Å². The van der Waals surface area contributed by atoms with Gasteiger partial charge in [0.15, 0.2) is 6.19 Å². The minimum Gasteiger partial charge on any atom is -0.358 e. The van der Waals surface area contributed by atoms with E-state index >= 15 is 0 Å². The zero-order valence-corrected chi connectivity index (χ0v) is 8.16. The number of aryl methyl sites for hydroxylation is 1. The highest BCUT2D eigenvalue weighted by Gasteiger charge is 2.14. The molecule has 0 radical (unpaired) electrons. The predicted molar refractivity (Wildman–Crippen MR) is 56.1 cm³/mol. The normalized spacial score (nSPS) is 9.87. The zero-order chi connectivity index (χ0) is 10.8. The number of hydrogen-bond donors (Lipinski definition) is 2. The Labute approximate surface area is 86.5 Å². The highest BCUT2D eigenvalue weighted by molar-refractivity contribution is 6.08. The van der Waals surface area contributed by atoms with Crippen LogP contribution in [0.2, 0.25) is 0 Å². The van der Waals surface area contributed by atoms with E-state index in [1.165, 1.54) is 0 Å². The molecule has 0 fully saturated rings. The summed E-state index contributed by atoms with van der Waals surface area (Å²) in [6, 6.07) is 7.50. The first-order valence-corrected chi connectivity index (χ1v) is 4.51. The molecule has 2 aromatic rings. The SMILES string of the molecule is Cc1[nH]c2ccccc2c1C(=O)NC#N. The predicted octanol–water partition coefficient (Wildman–Crippen LogP) is 1.69. The summed E-state index contributed by atoms with van der Waals surface area (Å²) in [4.78, 5) is 14.7. The van der Waals surface area contributed by atoms with Crippen LogP contribution in [-0.4, -0.2) is 10.9 Å². The van der Waals surface area contributed by atoms with Gasteiger partial charge in [-0.2, -0.15) is 5.26 Å². The van der Waals surface area contributed by atoms with Crippen LogP contribution in [0.1, 0.15) is 16.1 Å². The third-order valence-electron chi connectivity index (χ3n) is 2.29. The highest BCUT2D eigenvalue weighted by atomic mass is 16.1. The first kappa shape index (κ1) is 9.28. The van der Waals surface area contributed by atoms with E-state index in [-0.39, 0.29) is 5.91 Å². The Kier molecular flexibility index (Phi) is 2.14. The Bertz CT molecular complexity index is 563. The number of carbonyl (C=O) groups is 1. The fourth-order valence-electron chi connectivity index (χ4n) is 1.68. The van der Waals surface area contributed by atoms with E-state index in [4.69, 9.17) is 5.26 Å². The second-order valence-corrected chi connectivity index (χ2v) is 3.24. The summed E-state index contributed by atoms with van der Waals surface area (Å²) >= 11 is 0. The van der Waals surface area contributed by atoms with Crippen LogP contribution >= 0.6 is 0 Å². The van der Waals surface area contributed by atoms with E-state index < -0.39 is 0 Å². The van der Waals surface area contributed by atoms with E-state index in [1.54, 1.807) is 6.19 Å². The molecule has 0 saturated carbocycles. The summed E-state index contributed by atoms with van der Waals surface area (Å²) in [5.41, 5.74) is 2.20. The minimum absolute atomic E-state index is 0.368. The standard InChI is InChI=1S/C11H9N3O/c1-7-10(11(15)13-6-12)8-4-2-3-5-9(8)14-7/h2-5,14H,1H3,(H,13,15). The number of benzene rings is 1. The van der Waals surface area contributed by atoms with Gasteiger partial charge in [-0.15, -0.1) is 0 Å². The molecule has 0 aliphatic heterocycles. The van der Waals surface area contributed by atoms with Crippen molar-refractivity contribution < 1.29 is 4.79 Å². The van der Waals surface area contributed by atoms with E-state index in [0.29, 0.717) is 5.56 Å². The lowest BCUT2D eigenvalue weighted by Crippen LogP contribution is -2.17. The lowest BCUT2D eigenvalue weighted by atomic mass is 10.1. The number of nitriles is 1. The number of rotatable bonds is 1. The molecular weight excluding hydrogens is 190 g/mol. The number of aromatic amines is 1. The second kappa shape index (κ2) is 3.46. The van der Waals surface area contributed by atoms with Gasteiger partial charge in [0.05, 0.1) is 5.56 Å². The molecule has 4 heteroatoms. The summed E-state index contributed by atoms with van der Waals surface area (Å²) in [5, 5.41) is 11.4. The van der Waals surface area contributed by atoms with Crippen molar-refractivity contribution >= 4 is 16.8 Å². The molecule has 2 rings (SSSR count). The van der Waals surface area contributed by atoms with Gasteiger partial charge in [-0.05, 0) is 13.0 Å². The number of fused-ring (bicyclic) bond motifs is 1. The molecule has 2 N–H and O–H groups in total. The van der Waals surface area contributed by atoms with Crippen LogP contribution < -0.4 is 5.32 Å². The fourth-order valence-corrected chi connectivity index (χ4v) is 1.68. The molecule has 0 saturated heterocycles. The summed E-state index contributed by atoms with van der Waals surface area (Å²) in [5.74, 6) is -0.368. The zero-order valence-electron chi connectivity index (χ0n) is 8.16. The number of carbonyl (C=O) groups excluding carboxylic acids is 1. The average molecular weight is 199 g/mol. The van der Waals surface area contributed by atoms with Gasteiger partial charge in [0.25, 0.3) is 5.91 Å². The topological polar surface area (TPSA) is 68.7 Å². The van der Waals surface area contributed by atoms with Crippen molar-refractivity contribution in [3.05, 3.63) is 35.5 Å². The maximum absolute atomic E-state index is 11.6. The molecule has 0 atom stereocenters. The smallest absolute Gasteiger partial charge is 0.266 e. The van der Waals surface area contributed by atoms with Gasteiger partial charge < -0.3 is 4.98 Å². The summed E-state index contributed by atoms with van der Waals surface area (Å²) in [7, 11) is 0. The molecule has 1 aromatic heterocycles. The van der Waals surface area contributed by atoms with Gasteiger partial charge in [-0.3, -0.25) is 10.1 Å². The summed E-state index contributed by atoms with van der Waals surface area (Å²) < 4.78 is 0. The lowest BCUT2D eigenvalue weighted by molar-refractivity contribution is 0.0974. The van der Waals surface area contributed by atoms with Crippen LogP contribution in [0.5, 0.6) is 0 Å². The minimum atomic E-state index is -0.368. The molecule has 1 amide bonds. The Hall–Kier alpha value is -2.28. The van der Waals surface area contributed by atoms with Gasteiger partial charge in [-0.25, -0.2) is 0 Å². The second-order valence-electron chi connectivity index (χ2n) is 3.24. The van der Waals surface area contributed by atoms with Gasteiger partial charge >= 0.3 is 0 Å². The van der Waals surface area contributed by atoms with Gasteiger partial charge in [0.2, 0.25) is 0 Å². The van der Waals surface area contributed by atoms with Crippen LogP contribution in [0.25, 0.3) is 10.9 Å². The molecule has 0 bridgehead atoms. The molecular formula is C11H9N3O. The van der Waals surface area contributed by atoms with Crippen molar-refractivity contribution in [1.29, 1.82) is 5.26 Å². The maximum Gasteiger partial charge on any atom is 0.266 e. The van der Waals surface area contributed by atoms with Crippen molar-refractivity contribution in [1.82, 2.24) is 10.3 Å². The summed E-state index contributed by atoms with van der Waals surface area (Å²) in [6.45, 7) is 1.81. The Balaban J connectivity index is 2.65. The summed E-state index contributed by atoms with van der Waals surface area (Å²) in [6.07, 6.45) is 1.63. The monoisotopic (exact) mass is 199 g/mol. The van der Waals surface area contributed by atoms with Crippen LogP contribution in [0.15, 0.2) is 24.3 Å². The molecule has 0 aliphatic carbocycles. The van der Waals surface area contributed by atoms with Gasteiger partial charge in [0.1, 0.15) is 0 Å². The highest BCUT2D eigenvalue weighted by Crippen LogP contribution is 2.21. The first-order chi connectivity index (χ1) is 7.24. The quantitative estimate of drug-likeness (QED) is 0.542. The Morgan fingerprint density at radius 2 is 2.20 bits per heavy atom. The van der Waals surface area contributed by atoms with Crippen LogP contribution in [0.4, 0.5) is 0 Å². The Morgan fingerprint density at radius 1 is 1.47 bits per heavy atom.